The Morgan fingerprint density at radius 2 is 0.912 bits per heavy atom. The lowest BCUT2D eigenvalue weighted by molar-refractivity contribution is 0.384. The van der Waals surface area contributed by atoms with Crippen molar-refractivity contribution in [3.8, 4) is 40.2 Å². The second kappa shape index (κ2) is 10.1. The average molecular weight is 459 g/mol. The number of aromatic hydroxyl groups is 5. The van der Waals surface area contributed by atoms with Gasteiger partial charge in [-0.1, -0.05) is 24.3 Å². The molecule has 0 aliphatic carbocycles. The van der Waals surface area contributed by atoms with Gasteiger partial charge < -0.3 is 30.3 Å². The van der Waals surface area contributed by atoms with Crippen LogP contribution in [0.4, 0.5) is 0 Å². The molecule has 0 aromatic heterocycles. The van der Waals surface area contributed by atoms with Crippen LogP contribution in [0, 0.1) is 0 Å². The Morgan fingerprint density at radius 1 is 0.441 bits per heavy atom. The van der Waals surface area contributed by atoms with Crippen LogP contribution in [0.3, 0.4) is 0 Å². The standard InChI is InChI=1S/C28H26O6/c29-22-3-1-2-18(12-22)4-5-19-8-10-25(32)27(15-19)34-28-16-20(9-11-26(28)33)6-7-21-13-23(30)17-24(31)14-21/h1-3,8-17,29-33H,4-7H2. The third kappa shape index (κ3) is 5.92. The van der Waals surface area contributed by atoms with Crippen LogP contribution < -0.4 is 4.74 Å². The van der Waals surface area contributed by atoms with E-state index in [1.165, 1.54) is 12.1 Å². The van der Waals surface area contributed by atoms with Crippen molar-refractivity contribution in [3.05, 3.63) is 101 Å². The van der Waals surface area contributed by atoms with Crippen LogP contribution in [0.1, 0.15) is 22.3 Å². The van der Waals surface area contributed by atoms with Crippen LogP contribution in [0.2, 0.25) is 0 Å². The van der Waals surface area contributed by atoms with Gasteiger partial charge in [0.15, 0.2) is 23.0 Å². The first kappa shape index (κ1) is 22.9. The van der Waals surface area contributed by atoms with E-state index in [0.29, 0.717) is 25.7 Å². The number of benzene rings is 4. The largest absolute Gasteiger partial charge is 0.508 e. The normalized spacial score (nSPS) is 10.8. The van der Waals surface area contributed by atoms with Crippen molar-refractivity contribution in [1.82, 2.24) is 0 Å². The van der Waals surface area contributed by atoms with Gasteiger partial charge >= 0.3 is 0 Å². The van der Waals surface area contributed by atoms with Crippen LogP contribution in [0.5, 0.6) is 40.2 Å². The van der Waals surface area contributed by atoms with Crippen molar-refractivity contribution >= 4 is 0 Å². The second-order valence-corrected chi connectivity index (χ2v) is 8.23. The summed E-state index contributed by atoms with van der Waals surface area (Å²) in [7, 11) is 0. The minimum atomic E-state index is -0.0525. The molecular weight excluding hydrogens is 432 g/mol. The predicted octanol–water partition coefficient (Wildman–Crippen LogP) is 5.58. The van der Waals surface area contributed by atoms with Crippen LogP contribution in [0.15, 0.2) is 78.9 Å². The van der Waals surface area contributed by atoms with Gasteiger partial charge in [-0.2, -0.15) is 0 Å². The lowest BCUT2D eigenvalue weighted by atomic mass is 10.0. The molecule has 0 amide bonds. The number of ether oxygens (including phenoxy) is 1. The molecule has 174 valence electrons. The molecule has 0 saturated carbocycles. The molecule has 0 aliphatic rings. The summed E-state index contributed by atoms with van der Waals surface area (Å²) in [5.41, 5.74) is 3.61. The Bertz CT molecular complexity index is 1280. The molecule has 0 saturated heterocycles. The zero-order valence-electron chi connectivity index (χ0n) is 18.5. The van der Waals surface area contributed by atoms with E-state index in [-0.39, 0.29) is 40.2 Å². The van der Waals surface area contributed by atoms with Crippen LogP contribution >= 0.6 is 0 Å². The Balaban J connectivity index is 1.46. The van der Waals surface area contributed by atoms with E-state index in [4.69, 9.17) is 4.74 Å². The van der Waals surface area contributed by atoms with Gasteiger partial charge in [0, 0.05) is 6.07 Å². The fourth-order valence-electron chi connectivity index (χ4n) is 3.80. The predicted molar refractivity (Wildman–Crippen MR) is 129 cm³/mol. The molecule has 34 heavy (non-hydrogen) atoms. The van der Waals surface area contributed by atoms with Gasteiger partial charge in [0.05, 0.1) is 0 Å². The minimum absolute atomic E-state index is 0.00384. The van der Waals surface area contributed by atoms with Crippen molar-refractivity contribution in [2.24, 2.45) is 0 Å². The van der Waals surface area contributed by atoms with Crippen molar-refractivity contribution in [1.29, 1.82) is 0 Å². The molecule has 4 aromatic carbocycles. The van der Waals surface area contributed by atoms with E-state index in [1.54, 1.807) is 54.6 Å². The maximum absolute atomic E-state index is 10.3. The maximum atomic E-state index is 10.3. The summed E-state index contributed by atoms with van der Waals surface area (Å²) in [5.74, 6) is 0.594. The first-order valence-corrected chi connectivity index (χ1v) is 11.0. The highest BCUT2D eigenvalue weighted by Crippen LogP contribution is 2.37. The molecule has 6 nitrogen and oxygen atoms in total. The van der Waals surface area contributed by atoms with Gasteiger partial charge in [0.1, 0.15) is 17.2 Å². The van der Waals surface area contributed by atoms with Crippen molar-refractivity contribution in [2.75, 3.05) is 0 Å². The molecule has 0 bridgehead atoms. The summed E-state index contributed by atoms with van der Waals surface area (Å²) < 4.78 is 5.86. The molecule has 0 spiro atoms. The quantitative estimate of drug-likeness (QED) is 0.236. The topological polar surface area (TPSA) is 110 Å². The summed E-state index contributed by atoms with van der Waals surface area (Å²) >= 11 is 0. The first-order chi connectivity index (χ1) is 16.4. The van der Waals surface area contributed by atoms with Crippen LogP contribution in [0.25, 0.3) is 0 Å². The molecule has 0 heterocycles. The van der Waals surface area contributed by atoms with Gasteiger partial charge in [-0.05, 0) is 96.5 Å². The molecule has 6 heteroatoms. The van der Waals surface area contributed by atoms with E-state index < -0.39 is 0 Å². The zero-order chi connectivity index (χ0) is 24.1. The van der Waals surface area contributed by atoms with Crippen molar-refractivity contribution in [2.45, 2.75) is 25.7 Å². The van der Waals surface area contributed by atoms with Crippen LogP contribution in [-0.4, -0.2) is 25.5 Å². The molecule has 4 aromatic rings. The van der Waals surface area contributed by atoms with E-state index in [2.05, 4.69) is 0 Å². The minimum Gasteiger partial charge on any atom is -0.508 e. The molecule has 0 atom stereocenters. The molecule has 0 aliphatic heterocycles. The molecule has 0 unspecified atom stereocenters. The van der Waals surface area contributed by atoms with Gasteiger partial charge in [-0.3, -0.25) is 0 Å². The lowest BCUT2D eigenvalue weighted by Gasteiger charge is -2.13. The fraction of sp³-hybridized carbons (Fsp3) is 0.143. The van der Waals surface area contributed by atoms with Gasteiger partial charge in [-0.25, -0.2) is 0 Å². The summed E-state index contributed by atoms with van der Waals surface area (Å²) in [6.45, 7) is 0. The van der Waals surface area contributed by atoms with Gasteiger partial charge in [0.25, 0.3) is 0 Å². The number of hydrogen-bond acceptors (Lipinski definition) is 6. The molecule has 0 fully saturated rings. The Hall–Kier alpha value is -4.32. The summed E-state index contributed by atoms with van der Waals surface area (Å²) in [6.07, 6.45) is 2.56. The van der Waals surface area contributed by atoms with E-state index in [9.17, 15) is 25.5 Å². The monoisotopic (exact) mass is 458 g/mol. The van der Waals surface area contributed by atoms with Crippen molar-refractivity contribution in [3.63, 3.8) is 0 Å². The Kier molecular flexibility index (Phi) is 6.78. The Labute approximate surface area is 197 Å². The molecule has 5 N–H and O–H groups in total. The molecule has 0 radical (unpaired) electrons. The summed E-state index contributed by atoms with van der Waals surface area (Å²) in [4.78, 5) is 0. The van der Waals surface area contributed by atoms with E-state index >= 15 is 0 Å². The van der Waals surface area contributed by atoms with E-state index in [1.807, 2.05) is 12.1 Å². The van der Waals surface area contributed by atoms with Crippen LogP contribution in [-0.2, 0) is 25.7 Å². The SMILES string of the molecule is Oc1cccc(CCc2ccc(O)c(Oc3cc(CCc4cc(O)cc(O)c4)ccc3O)c2)c1. The summed E-state index contributed by atoms with van der Waals surface area (Å²) in [6, 6.07) is 21.7. The Morgan fingerprint density at radius 3 is 1.44 bits per heavy atom. The third-order valence-corrected chi connectivity index (χ3v) is 5.55. The molecular formula is C28H26O6. The first-order valence-electron chi connectivity index (χ1n) is 11.0. The average Bonchev–Trinajstić information content (AvgIpc) is 2.79. The number of aryl methyl sites for hydroxylation is 4. The number of phenolic OH excluding ortho intramolecular Hbond substituents is 5. The number of phenols is 5. The highest BCUT2D eigenvalue weighted by atomic mass is 16.5. The van der Waals surface area contributed by atoms with E-state index in [0.717, 1.165) is 22.3 Å². The maximum Gasteiger partial charge on any atom is 0.169 e. The highest BCUT2D eigenvalue weighted by Gasteiger charge is 2.11. The van der Waals surface area contributed by atoms with Gasteiger partial charge in [-0.15, -0.1) is 0 Å². The zero-order valence-corrected chi connectivity index (χ0v) is 18.5. The molecule has 4 rings (SSSR count). The van der Waals surface area contributed by atoms with Crippen molar-refractivity contribution < 1.29 is 30.3 Å². The second-order valence-electron chi connectivity index (χ2n) is 8.23. The van der Waals surface area contributed by atoms with Gasteiger partial charge in [0.2, 0.25) is 0 Å². The number of hydrogen-bond donors (Lipinski definition) is 5. The number of rotatable bonds is 8. The highest BCUT2D eigenvalue weighted by molar-refractivity contribution is 5.49. The summed E-state index contributed by atoms with van der Waals surface area (Å²) in [5, 5.41) is 49.5. The smallest absolute Gasteiger partial charge is 0.169 e. The lowest BCUT2D eigenvalue weighted by Crippen LogP contribution is -1.95. The third-order valence-electron chi connectivity index (χ3n) is 5.55. The fourth-order valence-corrected chi connectivity index (χ4v) is 3.80.